The van der Waals surface area contributed by atoms with Crippen LogP contribution in [0.4, 0.5) is 4.79 Å². The second-order valence-electron chi connectivity index (χ2n) is 10.8. The fourth-order valence-electron chi connectivity index (χ4n) is 4.96. The molecule has 4 N–H and O–H groups in total. The lowest BCUT2D eigenvalue weighted by atomic mass is 9.86. The van der Waals surface area contributed by atoms with Gasteiger partial charge in [0.15, 0.2) is 0 Å². The number of sulfonamides is 1. The first-order valence-electron chi connectivity index (χ1n) is 12.6. The number of nitrogens with zero attached hydrogens (tertiary/aromatic N) is 2. The minimum absolute atomic E-state index is 0.0306. The molecule has 1 aliphatic rings. The molecule has 200 valence electrons. The highest BCUT2D eigenvalue weighted by Gasteiger charge is 2.29. The van der Waals surface area contributed by atoms with Gasteiger partial charge in [0.05, 0.1) is 26.5 Å². The molecule has 4 aromatic rings. The van der Waals surface area contributed by atoms with E-state index in [0.717, 1.165) is 57.6 Å². The molecule has 1 aliphatic carbocycles. The number of carbonyl (C=O) groups is 1. The highest BCUT2D eigenvalue weighted by atomic mass is 32.2. The SMILES string of the molecule is CC(C)(C)NS(=O)(=O)c1cc(-c2ccc3cn[nH]c3c2)ccc1-c1cnc(C2CCC(NC(=O)O)CC2)s1. The van der Waals surface area contributed by atoms with Gasteiger partial charge in [-0.15, -0.1) is 11.3 Å². The number of benzene rings is 2. The lowest BCUT2D eigenvalue weighted by Crippen LogP contribution is -2.40. The van der Waals surface area contributed by atoms with Crippen LogP contribution in [0.25, 0.3) is 32.5 Å². The number of fused-ring (bicyclic) bond motifs is 1. The van der Waals surface area contributed by atoms with E-state index in [1.165, 1.54) is 11.3 Å². The molecule has 0 radical (unpaired) electrons. The predicted molar refractivity (Wildman–Crippen MR) is 149 cm³/mol. The molecule has 2 aromatic carbocycles. The van der Waals surface area contributed by atoms with E-state index in [9.17, 15) is 13.2 Å². The Morgan fingerprint density at radius 2 is 1.76 bits per heavy atom. The van der Waals surface area contributed by atoms with Gasteiger partial charge in [-0.1, -0.05) is 24.3 Å². The molecular formula is C27H31N5O4S2. The van der Waals surface area contributed by atoms with Crippen molar-refractivity contribution in [1.29, 1.82) is 0 Å². The summed E-state index contributed by atoms with van der Waals surface area (Å²) in [5.41, 5.74) is 2.51. The summed E-state index contributed by atoms with van der Waals surface area (Å²) in [5, 5.41) is 20.5. The molecule has 5 rings (SSSR count). The van der Waals surface area contributed by atoms with Crippen molar-refractivity contribution in [3.63, 3.8) is 0 Å². The van der Waals surface area contributed by atoms with Crippen molar-refractivity contribution in [2.75, 3.05) is 0 Å². The van der Waals surface area contributed by atoms with Gasteiger partial charge in [0.25, 0.3) is 0 Å². The second-order valence-corrected chi connectivity index (χ2v) is 13.5. The zero-order chi connectivity index (χ0) is 27.1. The second kappa shape index (κ2) is 10.1. The zero-order valence-corrected chi connectivity index (χ0v) is 23.1. The number of aromatic nitrogens is 3. The van der Waals surface area contributed by atoms with Crippen LogP contribution < -0.4 is 10.0 Å². The van der Waals surface area contributed by atoms with Gasteiger partial charge in [0.2, 0.25) is 10.0 Å². The molecule has 0 unspecified atom stereocenters. The van der Waals surface area contributed by atoms with Crippen molar-refractivity contribution in [3.05, 3.63) is 53.8 Å². The molecule has 1 fully saturated rings. The fraction of sp³-hybridized carbons (Fsp3) is 0.370. The minimum Gasteiger partial charge on any atom is -0.465 e. The van der Waals surface area contributed by atoms with Crippen LogP contribution in [0.1, 0.15) is 57.4 Å². The Hall–Kier alpha value is -3.28. The Balaban J connectivity index is 1.50. The summed E-state index contributed by atoms with van der Waals surface area (Å²) >= 11 is 1.51. The van der Waals surface area contributed by atoms with Crippen LogP contribution in [0.3, 0.4) is 0 Å². The van der Waals surface area contributed by atoms with Crippen LogP contribution in [-0.2, 0) is 10.0 Å². The van der Waals surface area contributed by atoms with Crippen molar-refractivity contribution in [2.45, 2.75) is 68.8 Å². The van der Waals surface area contributed by atoms with Crippen LogP contribution in [-0.4, -0.2) is 46.4 Å². The van der Waals surface area contributed by atoms with Crippen molar-refractivity contribution in [3.8, 4) is 21.6 Å². The maximum Gasteiger partial charge on any atom is 0.404 e. The Bertz CT molecular complexity index is 1580. The maximum atomic E-state index is 13.6. The van der Waals surface area contributed by atoms with Gasteiger partial charge in [-0.05, 0) is 69.7 Å². The largest absolute Gasteiger partial charge is 0.465 e. The van der Waals surface area contributed by atoms with Crippen LogP contribution in [0, 0.1) is 0 Å². The van der Waals surface area contributed by atoms with Gasteiger partial charge in [-0.3, -0.25) is 5.10 Å². The lowest BCUT2D eigenvalue weighted by molar-refractivity contribution is 0.185. The summed E-state index contributed by atoms with van der Waals surface area (Å²) in [4.78, 5) is 16.6. The highest BCUT2D eigenvalue weighted by molar-refractivity contribution is 7.89. The van der Waals surface area contributed by atoms with Crippen molar-refractivity contribution in [1.82, 2.24) is 25.2 Å². The molecule has 0 spiro atoms. The van der Waals surface area contributed by atoms with Crippen LogP contribution in [0.2, 0.25) is 0 Å². The van der Waals surface area contributed by atoms with E-state index >= 15 is 0 Å². The quantitative estimate of drug-likeness (QED) is 0.241. The summed E-state index contributed by atoms with van der Waals surface area (Å²) in [6.45, 7) is 5.46. The summed E-state index contributed by atoms with van der Waals surface area (Å²) in [5.74, 6) is 0.230. The third-order valence-electron chi connectivity index (χ3n) is 6.68. The summed E-state index contributed by atoms with van der Waals surface area (Å²) in [6.07, 6.45) is 5.71. The third-order valence-corrected chi connectivity index (χ3v) is 9.67. The van der Waals surface area contributed by atoms with Crippen LogP contribution in [0.15, 0.2) is 53.7 Å². The van der Waals surface area contributed by atoms with E-state index in [4.69, 9.17) is 5.11 Å². The average Bonchev–Trinajstić information content (AvgIpc) is 3.52. The highest BCUT2D eigenvalue weighted by Crippen LogP contribution is 2.40. The molecule has 0 atom stereocenters. The number of rotatable bonds is 6. The van der Waals surface area contributed by atoms with E-state index in [-0.39, 0.29) is 16.9 Å². The van der Waals surface area contributed by atoms with Crippen molar-refractivity contribution in [2.24, 2.45) is 0 Å². The Morgan fingerprint density at radius 3 is 2.47 bits per heavy atom. The summed E-state index contributed by atoms with van der Waals surface area (Å²) in [6, 6.07) is 11.4. The van der Waals surface area contributed by atoms with Gasteiger partial charge in [0, 0.05) is 34.6 Å². The number of nitrogens with one attached hydrogen (secondary N) is 3. The molecule has 1 saturated carbocycles. The third kappa shape index (κ3) is 5.74. The number of thiazole rings is 1. The van der Waals surface area contributed by atoms with E-state index in [1.807, 2.05) is 51.1 Å². The molecule has 2 heterocycles. The Morgan fingerprint density at radius 1 is 1.05 bits per heavy atom. The number of aromatic amines is 1. The summed E-state index contributed by atoms with van der Waals surface area (Å²) < 4.78 is 30.1. The van der Waals surface area contributed by atoms with E-state index in [2.05, 4.69) is 25.2 Å². The van der Waals surface area contributed by atoms with Gasteiger partial charge in [-0.2, -0.15) is 5.10 Å². The van der Waals surface area contributed by atoms with E-state index in [0.29, 0.717) is 5.56 Å². The number of H-pyrrole nitrogens is 1. The fourth-order valence-corrected chi connectivity index (χ4v) is 7.82. The lowest BCUT2D eigenvalue weighted by Gasteiger charge is -2.27. The van der Waals surface area contributed by atoms with Gasteiger partial charge < -0.3 is 10.4 Å². The number of hydrogen-bond acceptors (Lipinski definition) is 6. The van der Waals surface area contributed by atoms with Crippen LogP contribution >= 0.6 is 11.3 Å². The number of hydrogen-bond donors (Lipinski definition) is 4. The summed E-state index contributed by atoms with van der Waals surface area (Å²) in [7, 11) is -3.85. The van der Waals surface area contributed by atoms with Gasteiger partial charge >= 0.3 is 6.09 Å². The number of carboxylic acid groups (broad SMARTS) is 1. The zero-order valence-electron chi connectivity index (χ0n) is 21.5. The first-order chi connectivity index (χ1) is 18.0. The minimum atomic E-state index is -3.85. The maximum absolute atomic E-state index is 13.6. The standard InChI is InChI=1S/C27H31N5O4S2/c1-27(2,3)32-38(35,36)24-13-18(17-4-5-19-14-29-31-22(19)12-17)8-11-21(24)23-15-28-25(37-23)16-6-9-20(10-7-16)30-26(33)34/h4-5,8,11-16,20,30,32H,6-7,9-10H2,1-3H3,(H,29,31)(H,33,34). The Labute approximate surface area is 225 Å². The normalized spacial score (nSPS) is 18.5. The number of amides is 1. The monoisotopic (exact) mass is 553 g/mol. The molecule has 11 heteroatoms. The molecule has 0 saturated heterocycles. The smallest absolute Gasteiger partial charge is 0.404 e. The predicted octanol–water partition coefficient (Wildman–Crippen LogP) is 5.72. The topological polar surface area (TPSA) is 137 Å². The first-order valence-corrected chi connectivity index (χ1v) is 14.9. The van der Waals surface area contributed by atoms with Gasteiger partial charge in [0.1, 0.15) is 0 Å². The molecule has 9 nitrogen and oxygen atoms in total. The molecule has 2 aromatic heterocycles. The van der Waals surface area contributed by atoms with Crippen LogP contribution in [0.5, 0.6) is 0 Å². The Kier molecular flexibility index (Phi) is 7.01. The molecule has 38 heavy (non-hydrogen) atoms. The molecule has 0 bridgehead atoms. The van der Waals surface area contributed by atoms with E-state index < -0.39 is 21.7 Å². The first kappa shape index (κ1) is 26.3. The average molecular weight is 554 g/mol. The van der Waals surface area contributed by atoms with Crippen molar-refractivity contribution < 1.29 is 18.3 Å². The molecule has 1 amide bonds. The van der Waals surface area contributed by atoms with E-state index in [1.54, 1.807) is 18.5 Å². The van der Waals surface area contributed by atoms with Crippen molar-refractivity contribution >= 4 is 38.4 Å². The molecular weight excluding hydrogens is 522 g/mol. The molecule has 0 aliphatic heterocycles. The van der Waals surface area contributed by atoms with Gasteiger partial charge in [-0.25, -0.2) is 22.9 Å².